The minimum atomic E-state index is -0.180. The Morgan fingerprint density at radius 3 is 1.81 bits per heavy atom. The highest BCUT2D eigenvalue weighted by Gasteiger charge is 2.31. The minimum Gasteiger partial charge on any atom is -0.457 e. The lowest BCUT2D eigenvalue weighted by Gasteiger charge is -2.28. The van der Waals surface area contributed by atoms with Gasteiger partial charge in [-0.15, -0.1) is 0 Å². The van der Waals surface area contributed by atoms with Crippen LogP contribution < -0.4 is 14.5 Å². The van der Waals surface area contributed by atoms with Crippen molar-refractivity contribution >= 4 is 44.6 Å². The smallest absolute Gasteiger partial charge is 0.137 e. The summed E-state index contributed by atoms with van der Waals surface area (Å²) in [7, 11) is 0. The number of hydrogen-bond acceptors (Lipinski definition) is 4. The van der Waals surface area contributed by atoms with E-state index in [0.29, 0.717) is 6.67 Å². The molecule has 53 heavy (non-hydrogen) atoms. The van der Waals surface area contributed by atoms with Gasteiger partial charge in [-0.2, -0.15) is 0 Å². The zero-order valence-electron chi connectivity index (χ0n) is 32.5. The van der Waals surface area contributed by atoms with Crippen LogP contribution in [-0.4, -0.2) is 16.2 Å². The van der Waals surface area contributed by atoms with Crippen molar-refractivity contribution < 1.29 is 4.74 Å². The highest BCUT2D eigenvalue weighted by molar-refractivity contribution is 6.10. The molecule has 5 heteroatoms. The van der Waals surface area contributed by atoms with Crippen LogP contribution in [0.5, 0.6) is 11.5 Å². The van der Waals surface area contributed by atoms with Crippen LogP contribution in [0.1, 0.15) is 79.0 Å². The lowest BCUT2D eigenvalue weighted by molar-refractivity contribution is 0.437. The predicted molar refractivity (Wildman–Crippen MR) is 223 cm³/mol. The second kappa shape index (κ2) is 12.5. The Bertz CT molecular complexity index is 2470. The number of rotatable bonds is 5. The minimum absolute atomic E-state index is 0.00746. The topological polar surface area (TPSA) is 33.5 Å². The fraction of sp³-hybridized carbons (Fsp3) is 0.271. The maximum Gasteiger partial charge on any atom is 0.137 e. The number of benzene rings is 5. The molecule has 0 fully saturated rings. The second-order valence-corrected chi connectivity index (χ2v) is 17.5. The normalized spacial score (nSPS) is 13.6. The van der Waals surface area contributed by atoms with E-state index in [0.717, 1.165) is 45.2 Å². The average Bonchev–Trinajstić information content (AvgIpc) is 3.66. The molecule has 3 heterocycles. The Hall–Kier alpha value is -5.55. The molecular weight excluding hydrogens is 649 g/mol. The molecule has 7 aromatic rings. The first-order valence-corrected chi connectivity index (χ1v) is 18.7. The van der Waals surface area contributed by atoms with Crippen molar-refractivity contribution in [1.82, 2.24) is 9.55 Å². The van der Waals surface area contributed by atoms with Gasteiger partial charge in [0, 0.05) is 51.6 Å². The molecule has 1 aliphatic heterocycles. The van der Waals surface area contributed by atoms with Gasteiger partial charge < -0.3 is 14.5 Å². The van der Waals surface area contributed by atoms with Crippen molar-refractivity contribution in [2.24, 2.45) is 0 Å². The lowest BCUT2D eigenvalue weighted by atomic mass is 9.84. The predicted octanol–water partition coefficient (Wildman–Crippen LogP) is 13.1. The maximum absolute atomic E-state index is 7.29. The number of nitrogens with zero attached hydrogens (tertiary/aromatic N) is 4. The van der Waals surface area contributed by atoms with Crippen molar-refractivity contribution in [3.05, 3.63) is 144 Å². The summed E-state index contributed by atoms with van der Waals surface area (Å²) in [5.74, 6) is 2.63. The van der Waals surface area contributed by atoms with E-state index in [9.17, 15) is 0 Å². The van der Waals surface area contributed by atoms with E-state index in [-0.39, 0.29) is 16.2 Å². The van der Waals surface area contributed by atoms with Crippen molar-refractivity contribution in [2.45, 2.75) is 78.6 Å². The summed E-state index contributed by atoms with van der Waals surface area (Å²) in [5, 5.41) is 2.40. The van der Waals surface area contributed by atoms with Gasteiger partial charge in [0.25, 0.3) is 0 Å². The molecule has 0 atom stereocenters. The van der Waals surface area contributed by atoms with Crippen molar-refractivity contribution in [2.75, 3.05) is 16.5 Å². The largest absolute Gasteiger partial charge is 0.457 e. The molecule has 1 aliphatic rings. The van der Waals surface area contributed by atoms with Crippen LogP contribution in [0.4, 0.5) is 22.7 Å². The lowest BCUT2D eigenvalue weighted by Crippen LogP contribution is -2.24. The first-order chi connectivity index (χ1) is 25.2. The Morgan fingerprint density at radius 2 is 1.13 bits per heavy atom. The van der Waals surface area contributed by atoms with Crippen LogP contribution in [0.25, 0.3) is 27.6 Å². The molecule has 0 radical (unpaired) electrons. The Kier molecular flexibility index (Phi) is 8.17. The summed E-state index contributed by atoms with van der Waals surface area (Å²) in [4.78, 5) is 9.71. The number of ether oxygens (including phenoxy) is 1. The number of pyridine rings is 1. The molecule has 5 nitrogen and oxygen atoms in total. The summed E-state index contributed by atoms with van der Waals surface area (Å²) in [6, 6.07) is 43.7. The molecule has 0 bridgehead atoms. The van der Waals surface area contributed by atoms with Gasteiger partial charge in [0.15, 0.2) is 0 Å². The SMILES string of the molecule is CC(C)(C)c1ccnc(-n2c3ccccc3c3cc(C(C)(C)C)c(Oc4cc(N5CN(c6ccccc6)c6ccccc65)ccc4C(C)(C)C)cc32)c1. The molecule has 0 saturated carbocycles. The van der Waals surface area contributed by atoms with Gasteiger partial charge >= 0.3 is 0 Å². The van der Waals surface area contributed by atoms with Gasteiger partial charge in [-0.25, -0.2) is 4.98 Å². The highest BCUT2D eigenvalue weighted by atomic mass is 16.5. The second-order valence-electron chi connectivity index (χ2n) is 17.5. The Morgan fingerprint density at radius 1 is 0.509 bits per heavy atom. The molecule has 0 aliphatic carbocycles. The number of para-hydroxylation sites is 4. The molecule has 2 aromatic heterocycles. The molecule has 0 N–H and O–H groups in total. The van der Waals surface area contributed by atoms with E-state index in [1.165, 1.54) is 33.4 Å². The monoisotopic (exact) mass is 698 g/mol. The van der Waals surface area contributed by atoms with Crippen LogP contribution in [0.2, 0.25) is 0 Å². The van der Waals surface area contributed by atoms with E-state index in [4.69, 9.17) is 9.72 Å². The van der Waals surface area contributed by atoms with E-state index < -0.39 is 0 Å². The van der Waals surface area contributed by atoms with Gasteiger partial charge in [0.1, 0.15) is 24.0 Å². The number of hydrogen-bond donors (Lipinski definition) is 0. The quantitative estimate of drug-likeness (QED) is 0.179. The maximum atomic E-state index is 7.29. The fourth-order valence-corrected chi connectivity index (χ4v) is 7.69. The number of anilines is 4. The molecule has 0 amide bonds. The van der Waals surface area contributed by atoms with Crippen LogP contribution in [0.3, 0.4) is 0 Å². The number of aromatic nitrogens is 2. The molecule has 8 rings (SSSR count). The summed E-state index contributed by atoms with van der Waals surface area (Å²) < 4.78 is 9.60. The Labute approximate surface area is 314 Å². The zero-order valence-corrected chi connectivity index (χ0v) is 32.5. The average molecular weight is 699 g/mol. The van der Waals surface area contributed by atoms with Crippen molar-refractivity contribution in [3.63, 3.8) is 0 Å². The van der Waals surface area contributed by atoms with E-state index in [1.54, 1.807) is 0 Å². The first-order valence-electron chi connectivity index (χ1n) is 18.7. The number of fused-ring (bicyclic) bond motifs is 4. The van der Waals surface area contributed by atoms with Gasteiger partial charge in [0.05, 0.1) is 22.4 Å². The zero-order chi connectivity index (χ0) is 37.3. The molecule has 0 saturated heterocycles. The van der Waals surface area contributed by atoms with Gasteiger partial charge in [0.2, 0.25) is 0 Å². The molecule has 0 spiro atoms. The highest BCUT2D eigenvalue weighted by Crippen LogP contribution is 2.48. The summed E-state index contributed by atoms with van der Waals surface area (Å²) in [5.41, 5.74) is 10.1. The van der Waals surface area contributed by atoms with Gasteiger partial charge in [-0.3, -0.25) is 4.57 Å². The van der Waals surface area contributed by atoms with E-state index in [1.807, 2.05) is 6.20 Å². The summed E-state index contributed by atoms with van der Waals surface area (Å²) in [6.07, 6.45) is 1.94. The van der Waals surface area contributed by atoms with Crippen LogP contribution >= 0.6 is 0 Å². The van der Waals surface area contributed by atoms with Crippen LogP contribution in [0, 0.1) is 0 Å². The first kappa shape index (κ1) is 34.5. The molecule has 0 unspecified atom stereocenters. The third-order valence-corrected chi connectivity index (χ3v) is 10.5. The molecule has 268 valence electrons. The molecular formula is C48H50N4O. The van der Waals surface area contributed by atoms with E-state index >= 15 is 0 Å². The van der Waals surface area contributed by atoms with Crippen molar-refractivity contribution in [1.29, 1.82) is 0 Å². The third kappa shape index (κ3) is 6.22. The van der Waals surface area contributed by atoms with Gasteiger partial charge in [-0.1, -0.05) is 117 Å². The van der Waals surface area contributed by atoms with E-state index in [2.05, 4.69) is 198 Å². The van der Waals surface area contributed by atoms with Crippen molar-refractivity contribution in [3.8, 4) is 17.3 Å². The molecule has 5 aromatic carbocycles. The summed E-state index contributed by atoms with van der Waals surface area (Å²) >= 11 is 0. The Balaban J connectivity index is 1.31. The summed E-state index contributed by atoms with van der Waals surface area (Å²) in [6.45, 7) is 21.1. The van der Waals surface area contributed by atoms with Gasteiger partial charge in [-0.05, 0) is 76.4 Å². The van der Waals surface area contributed by atoms with Crippen LogP contribution in [-0.2, 0) is 16.2 Å². The fourth-order valence-electron chi connectivity index (χ4n) is 7.69. The third-order valence-electron chi connectivity index (χ3n) is 10.5. The standard InChI is InChI=1S/C48H50N4O/c1-46(2,3)32-25-26-49-45(27-32)52-39-20-14-13-19-35(39)36-29-38(48(7,8)9)44(30-42(36)52)53-43-28-34(23-24-37(43)47(4,5)6)51-31-50(33-17-11-10-12-18-33)40-21-15-16-22-41(40)51/h10-30H,31H2,1-9H3. The van der Waals surface area contributed by atoms with Crippen LogP contribution in [0.15, 0.2) is 128 Å².